The molecule has 0 atom stereocenters. The number of anilines is 2. The molecule has 0 bridgehead atoms. The molecular formula is C36H38N2O6. The van der Waals surface area contributed by atoms with E-state index in [-0.39, 0.29) is 45.1 Å². The molecule has 44 heavy (non-hydrogen) atoms. The molecule has 0 amide bonds. The van der Waals surface area contributed by atoms with Gasteiger partial charge in [0.05, 0.1) is 22.3 Å². The molecule has 4 aromatic carbocycles. The summed E-state index contributed by atoms with van der Waals surface area (Å²) in [7, 11) is 0. The van der Waals surface area contributed by atoms with Crippen LogP contribution in [0.25, 0.3) is 0 Å². The average Bonchev–Trinajstić information content (AvgIpc) is 3.01. The topological polar surface area (TPSA) is 145 Å². The maximum atomic E-state index is 13.9. The van der Waals surface area contributed by atoms with Gasteiger partial charge in [-0.25, -0.2) is 0 Å². The third-order valence-corrected chi connectivity index (χ3v) is 7.94. The van der Waals surface area contributed by atoms with Gasteiger partial charge < -0.3 is 31.2 Å². The molecule has 0 aliphatic heterocycles. The minimum Gasteiger partial charge on any atom is -0.504 e. The zero-order chi connectivity index (χ0) is 31.4. The van der Waals surface area contributed by atoms with Crippen molar-refractivity contribution in [1.29, 1.82) is 0 Å². The highest BCUT2D eigenvalue weighted by Crippen LogP contribution is 2.48. The number of rotatable bonds is 12. The number of ketones is 2. The molecule has 0 saturated carbocycles. The molecule has 1 aliphatic rings. The van der Waals surface area contributed by atoms with Crippen molar-refractivity contribution in [2.24, 2.45) is 0 Å². The second-order valence-electron chi connectivity index (χ2n) is 11.2. The van der Waals surface area contributed by atoms with Crippen molar-refractivity contribution in [2.45, 2.75) is 65.2 Å². The quantitative estimate of drug-likeness (QED) is 0.0644. The Morgan fingerprint density at radius 2 is 0.932 bits per heavy atom. The minimum absolute atomic E-state index is 0.0637. The summed E-state index contributed by atoms with van der Waals surface area (Å²) in [6.07, 6.45) is 8.65. The van der Waals surface area contributed by atoms with E-state index in [1.165, 1.54) is 12.1 Å². The molecule has 0 unspecified atom stereocenters. The Labute approximate surface area is 257 Å². The summed E-state index contributed by atoms with van der Waals surface area (Å²) in [6, 6.07) is 17.5. The van der Waals surface area contributed by atoms with E-state index in [2.05, 4.69) is 13.8 Å². The van der Waals surface area contributed by atoms with Crippen LogP contribution in [0.3, 0.4) is 0 Å². The van der Waals surface area contributed by atoms with Gasteiger partial charge in [-0.2, -0.15) is 0 Å². The average molecular weight is 595 g/mol. The van der Waals surface area contributed by atoms with Gasteiger partial charge in [-0.05, 0) is 61.1 Å². The first-order chi connectivity index (χ1) is 21.2. The highest BCUT2D eigenvalue weighted by atomic mass is 16.5. The van der Waals surface area contributed by atoms with Crippen molar-refractivity contribution in [3.63, 3.8) is 0 Å². The molecule has 0 fully saturated rings. The van der Waals surface area contributed by atoms with Crippen LogP contribution in [0.5, 0.6) is 34.5 Å². The Bertz CT molecular complexity index is 1570. The molecule has 0 aromatic heterocycles. The Morgan fingerprint density at radius 3 is 1.30 bits per heavy atom. The number of ether oxygens (including phenoxy) is 2. The van der Waals surface area contributed by atoms with Crippen molar-refractivity contribution in [1.82, 2.24) is 0 Å². The first-order valence-electron chi connectivity index (χ1n) is 15.2. The van der Waals surface area contributed by atoms with Gasteiger partial charge in [-0.3, -0.25) is 9.59 Å². The molecule has 0 heterocycles. The monoisotopic (exact) mass is 594 g/mol. The maximum Gasteiger partial charge on any atom is 0.202 e. The standard InChI is InChI=1S/C36H38N2O6/c1-3-5-7-9-21-11-15-23(16-12-21)43-27-19-25(37)29-31(33(27)39)36(42)32-30(35(29)41)26(38)20-28(34(32)40)44-24-17-13-22(14-18-24)10-8-6-4-2/h11-20,39-40H,3-10,37-38H2,1-2H3. The summed E-state index contributed by atoms with van der Waals surface area (Å²) in [5.41, 5.74) is 13.6. The smallest absolute Gasteiger partial charge is 0.202 e. The summed E-state index contributed by atoms with van der Waals surface area (Å²) >= 11 is 0. The number of phenolic OH excluding ortho intramolecular Hbond substituents is 2. The number of aryl methyl sites for hydroxylation is 2. The fourth-order valence-electron chi connectivity index (χ4n) is 5.53. The Morgan fingerprint density at radius 1 is 0.568 bits per heavy atom. The van der Waals surface area contributed by atoms with Gasteiger partial charge >= 0.3 is 0 Å². The molecule has 1 aliphatic carbocycles. The third-order valence-electron chi connectivity index (χ3n) is 7.94. The molecule has 5 rings (SSSR count). The van der Waals surface area contributed by atoms with E-state index < -0.39 is 23.1 Å². The van der Waals surface area contributed by atoms with E-state index in [1.54, 1.807) is 24.3 Å². The Hall–Kier alpha value is -4.98. The van der Waals surface area contributed by atoms with Crippen LogP contribution in [0.15, 0.2) is 60.7 Å². The summed E-state index contributed by atoms with van der Waals surface area (Å²) in [5.74, 6) is -1.98. The van der Waals surface area contributed by atoms with Crippen LogP contribution >= 0.6 is 0 Å². The van der Waals surface area contributed by atoms with Gasteiger partial charge in [0, 0.05) is 23.5 Å². The van der Waals surface area contributed by atoms with Crippen LogP contribution in [0.2, 0.25) is 0 Å². The van der Waals surface area contributed by atoms with Gasteiger partial charge in [0.2, 0.25) is 5.78 Å². The Kier molecular flexibility index (Phi) is 9.09. The largest absolute Gasteiger partial charge is 0.504 e. The zero-order valence-corrected chi connectivity index (χ0v) is 25.1. The molecule has 4 aromatic rings. The van der Waals surface area contributed by atoms with Gasteiger partial charge in [-0.15, -0.1) is 0 Å². The number of hydrogen-bond donors (Lipinski definition) is 4. The number of benzene rings is 4. The van der Waals surface area contributed by atoms with Gasteiger partial charge in [0.25, 0.3) is 0 Å². The second-order valence-corrected chi connectivity index (χ2v) is 11.2. The van der Waals surface area contributed by atoms with Gasteiger partial charge in [0.1, 0.15) is 11.5 Å². The number of nitrogens with two attached hydrogens (primary N) is 2. The number of hydrogen-bond acceptors (Lipinski definition) is 8. The number of nitrogen functional groups attached to an aromatic ring is 2. The SMILES string of the molecule is CCCCCc1ccc(Oc2cc(N)c3c(c2O)C(=O)c2c(O)c(Oc4ccc(CCCCC)cc4)cc(N)c2C3=O)cc1. The summed E-state index contributed by atoms with van der Waals surface area (Å²) in [5, 5.41) is 22.4. The maximum absolute atomic E-state index is 13.9. The first kappa shape index (κ1) is 30.5. The lowest BCUT2D eigenvalue weighted by Crippen LogP contribution is -2.24. The van der Waals surface area contributed by atoms with Crippen molar-refractivity contribution >= 4 is 22.9 Å². The molecule has 0 saturated heterocycles. The molecule has 8 heteroatoms. The highest BCUT2D eigenvalue weighted by molar-refractivity contribution is 6.33. The minimum atomic E-state index is -0.823. The number of unbranched alkanes of at least 4 members (excludes halogenated alkanes) is 4. The van der Waals surface area contributed by atoms with Crippen LogP contribution in [-0.4, -0.2) is 21.8 Å². The van der Waals surface area contributed by atoms with Crippen LogP contribution in [-0.2, 0) is 12.8 Å². The number of aromatic hydroxyl groups is 2. The number of carbonyl (C=O) groups is 2. The molecule has 228 valence electrons. The van der Waals surface area contributed by atoms with Crippen LogP contribution < -0.4 is 20.9 Å². The number of phenols is 2. The number of carbonyl (C=O) groups excluding carboxylic acids is 2. The number of fused-ring (bicyclic) bond motifs is 2. The molecule has 0 radical (unpaired) electrons. The van der Waals surface area contributed by atoms with E-state index in [1.807, 2.05) is 24.3 Å². The lowest BCUT2D eigenvalue weighted by atomic mass is 9.81. The Balaban J connectivity index is 1.45. The van der Waals surface area contributed by atoms with Crippen molar-refractivity contribution in [3.8, 4) is 34.5 Å². The van der Waals surface area contributed by atoms with Crippen molar-refractivity contribution in [3.05, 3.63) is 94.0 Å². The second kappa shape index (κ2) is 13.1. The fourth-order valence-corrected chi connectivity index (χ4v) is 5.53. The molecule has 8 nitrogen and oxygen atoms in total. The zero-order valence-electron chi connectivity index (χ0n) is 25.1. The normalized spacial score (nSPS) is 12.1. The first-order valence-corrected chi connectivity index (χ1v) is 15.2. The predicted octanol–water partition coefficient (Wildman–Crippen LogP) is 8.09. The predicted molar refractivity (Wildman–Crippen MR) is 171 cm³/mol. The lowest BCUT2D eigenvalue weighted by Gasteiger charge is -2.24. The van der Waals surface area contributed by atoms with Crippen LogP contribution in [0.1, 0.15) is 95.3 Å². The lowest BCUT2D eigenvalue weighted by molar-refractivity contribution is 0.0974. The summed E-state index contributed by atoms with van der Waals surface area (Å²) in [4.78, 5) is 27.5. The van der Waals surface area contributed by atoms with E-state index in [9.17, 15) is 19.8 Å². The third kappa shape index (κ3) is 6.06. The molecule has 0 spiro atoms. The van der Waals surface area contributed by atoms with Crippen molar-refractivity contribution in [2.75, 3.05) is 11.5 Å². The van der Waals surface area contributed by atoms with Gasteiger partial charge in [0.15, 0.2) is 28.8 Å². The van der Waals surface area contributed by atoms with Gasteiger partial charge in [-0.1, -0.05) is 63.8 Å². The van der Waals surface area contributed by atoms with E-state index in [0.29, 0.717) is 11.5 Å². The summed E-state index contributed by atoms with van der Waals surface area (Å²) < 4.78 is 11.8. The van der Waals surface area contributed by atoms with E-state index >= 15 is 0 Å². The molecule has 6 N–H and O–H groups in total. The fraction of sp³-hybridized carbons (Fsp3) is 0.278. The molecular weight excluding hydrogens is 556 g/mol. The van der Waals surface area contributed by atoms with Crippen molar-refractivity contribution < 1.29 is 29.3 Å². The van der Waals surface area contributed by atoms with Crippen LogP contribution in [0.4, 0.5) is 11.4 Å². The van der Waals surface area contributed by atoms with Crippen LogP contribution in [0, 0.1) is 0 Å². The summed E-state index contributed by atoms with van der Waals surface area (Å²) in [6.45, 7) is 4.31. The van der Waals surface area contributed by atoms with E-state index in [4.69, 9.17) is 20.9 Å². The van der Waals surface area contributed by atoms with E-state index in [0.717, 1.165) is 62.5 Å². The highest BCUT2D eigenvalue weighted by Gasteiger charge is 2.40.